The third kappa shape index (κ3) is 5.59. The monoisotopic (exact) mass is 328 g/mol. The summed E-state index contributed by atoms with van der Waals surface area (Å²) in [5, 5.41) is 14.9. The SMILES string of the molecule is COc1ccc(CNC(=O)NCC(CCO)c2ccccc2)cc1. The van der Waals surface area contributed by atoms with Gasteiger partial charge >= 0.3 is 6.03 Å². The summed E-state index contributed by atoms with van der Waals surface area (Å²) in [6.07, 6.45) is 0.614. The largest absolute Gasteiger partial charge is 0.497 e. The van der Waals surface area contributed by atoms with E-state index in [1.54, 1.807) is 7.11 Å². The van der Waals surface area contributed by atoms with Crippen LogP contribution < -0.4 is 15.4 Å². The normalized spacial score (nSPS) is 11.6. The number of methoxy groups -OCH3 is 1. The molecule has 0 saturated heterocycles. The molecule has 2 rings (SSSR count). The summed E-state index contributed by atoms with van der Waals surface area (Å²) >= 11 is 0. The van der Waals surface area contributed by atoms with Crippen molar-refractivity contribution < 1.29 is 14.6 Å². The fraction of sp³-hybridized carbons (Fsp3) is 0.316. The molecule has 2 aromatic rings. The predicted octanol–water partition coefficient (Wildman–Crippen LogP) is 2.66. The van der Waals surface area contributed by atoms with Crippen LogP contribution in [0.3, 0.4) is 0 Å². The molecule has 3 N–H and O–H groups in total. The molecule has 0 spiro atoms. The van der Waals surface area contributed by atoms with Gasteiger partial charge in [0.05, 0.1) is 7.11 Å². The van der Waals surface area contributed by atoms with Gasteiger partial charge in [-0.2, -0.15) is 0 Å². The summed E-state index contributed by atoms with van der Waals surface area (Å²) in [5.74, 6) is 0.890. The molecule has 0 fully saturated rings. The van der Waals surface area contributed by atoms with Gasteiger partial charge in [-0.3, -0.25) is 0 Å². The zero-order valence-corrected chi connectivity index (χ0v) is 13.9. The Morgan fingerprint density at radius 1 is 1.08 bits per heavy atom. The molecule has 0 aliphatic rings. The van der Waals surface area contributed by atoms with Crippen molar-refractivity contribution in [3.05, 3.63) is 65.7 Å². The minimum absolute atomic E-state index is 0.0920. The van der Waals surface area contributed by atoms with Gasteiger partial charge in [0.2, 0.25) is 0 Å². The Morgan fingerprint density at radius 2 is 1.79 bits per heavy atom. The summed E-state index contributed by atoms with van der Waals surface area (Å²) in [5.41, 5.74) is 2.11. The number of aliphatic hydroxyl groups is 1. The Morgan fingerprint density at radius 3 is 2.42 bits per heavy atom. The number of ether oxygens (including phenoxy) is 1. The first kappa shape index (κ1) is 17.8. The molecule has 0 bridgehead atoms. The summed E-state index contributed by atoms with van der Waals surface area (Å²) in [6, 6.07) is 17.2. The van der Waals surface area contributed by atoms with Crippen molar-refractivity contribution in [2.24, 2.45) is 0 Å². The minimum atomic E-state index is -0.218. The molecule has 0 aromatic heterocycles. The number of amides is 2. The van der Waals surface area contributed by atoms with E-state index in [-0.39, 0.29) is 18.6 Å². The number of urea groups is 1. The topological polar surface area (TPSA) is 70.6 Å². The molecule has 0 aliphatic carbocycles. The van der Waals surface area contributed by atoms with Crippen molar-refractivity contribution in [2.45, 2.75) is 18.9 Å². The summed E-state index contributed by atoms with van der Waals surface area (Å²) < 4.78 is 5.10. The molecular formula is C19H24N2O3. The first-order chi connectivity index (χ1) is 11.7. The van der Waals surface area contributed by atoms with Gasteiger partial charge < -0.3 is 20.5 Å². The van der Waals surface area contributed by atoms with Crippen LogP contribution in [0.5, 0.6) is 5.75 Å². The number of hydrogen-bond donors (Lipinski definition) is 3. The van der Waals surface area contributed by atoms with Gasteiger partial charge in [-0.05, 0) is 29.7 Å². The lowest BCUT2D eigenvalue weighted by atomic mass is 9.96. The zero-order chi connectivity index (χ0) is 17.2. The highest BCUT2D eigenvalue weighted by atomic mass is 16.5. The Hall–Kier alpha value is -2.53. The quantitative estimate of drug-likeness (QED) is 0.698. The zero-order valence-electron chi connectivity index (χ0n) is 13.9. The average Bonchev–Trinajstić information content (AvgIpc) is 2.64. The minimum Gasteiger partial charge on any atom is -0.497 e. The molecule has 1 unspecified atom stereocenters. The van der Waals surface area contributed by atoms with Crippen LogP contribution in [0.15, 0.2) is 54.6 Å². The molecule has 0 saturated carbocycles. The Kier molecular flexibility index (Phi) is 7.11. The van der Waals surface area contributed by atoms with E-state index in [1.807, 2.05) is 54.6 Å². The first-order valence-corrected chi connectivity index (χ1v) is 8.03. The van der Waals surface area contributed by atoms with Crippen LogP contribution in [0.2, 0.25) is 0 Å². The van der Waals surface area contributed by atoms with E-state index in [2.05, 4.69) is 10.6 Å². The predicted molar refractivity (Wildman–Crippen MR) is 94.1 cm³/mol. The van der Waals surface area contributed by atoms with Crippen LogP contribution in [0, 0.1) is 0 Å². The fourth-order valence-electron chi connectivity index (χ4n) is 2.47. The first-order valence-electron chi connectivity index (χ1n) is 8.03. The van der Waals surface area contributed by atoms with Crippen LogP contribution in [-0.2, 0) is 6.54 Å². The van der Waals surface area contributed by atoms with E-state index in [0.717, 1.165) is 16.9 Å². The second-order valence-corrected chi connectivity index (χ2v) is 5.53. The standard InChI is InChI=1S/C19H24N2O3/c1-24-18-9-7-15(8-10-18)13-20-19(23)21-14-17(11-12-22)16-5-3-2-4-6-16/h2-10,17,22H,11-14H2,1H3,(H2,20,21,23). The lowest BCUT2D eigenvalue weighted by Gasteiger charge is -2.17. The fourth-order valence-corrected chi connectivity index (χ4v) is 2.47. The van der Waals surface area contributed by atoms with Gasteiger partial charge in [-0.1, -0.05) is 42.5 Å². The molecule has 2 amide bonds. The van der Waals surface area contributed by atoms with Gasteiger partial charge in [0.15, 0.2) is 0 Å². The molecule has 5 heteroatoms. The smallest absolute Gasteiger partial charge is 0.315 e. The van der Waals surface area contributed by atoms with Crippen LogP contribution in [-0.4, -0.2) is 31.4 Å². The lowest BCUT2D eigenvalue weighted by Crippen LogP contribution is -2.37. The highest BCUT2D eigenvalue weighted by Crippen LogP contribution is 2.18. The van der Waals surface area contributed by atoms with Crippen LogP contribution in [0.4, 0.5) is 4.79 Å². The van der Waals surface area contributed by atoms with Crippen molar-refractivity contribution in [3.8, 4) is 5.75 Å². The maximum atomic E-state index is 12.0. The number of benzene rings is 2. The molecule has 5 nitrogen and oxygen atoms in total. The second-order valence-electron chi connectivity index (χ2n) is 5.53. The molecule has 0 radical (unpaired) electrons. The van der Waals surface area contributed by atoms with Crippen molar-refractivity contribution in [1.82, 2.24) is 10.6 Å². The molecular weight excluding hydrogens is 304 g/mol. The average molecular weight is 328 g/mol. The Labute approximate surface area is 142 Å². The summed E-state index contributed by atoms with van der Waals surface area (Å²) in [6.45, 7) is 1.03. The second kappa shape index (κ2) is 9.57. The molecule has 128 valence electrons. The van der Waals surface area contributed by atoms with Gasteiger partial charge in [-0.15, -0.1) is 0 Å². The molecule has 1 atom stereocenters. The molecule has 0 heterocycles. The van der Waals surface area contributed by atoms with Gasteiger partial charge in [0, 0.05) is 25.6 Å². The van der Waals surface area contributed by atoms with Crippen LogP contribution in [0.25, 0.3) is 0 Å². The number of carbonyl (C=O) groups is 1. The molecule has 24 heavy (non-hydrogen) atoms. The summed E-state index contributed by atoms with van der Waals surface area (Å²) in [4.78, 5) is 12.0. The third-order valence-corrected chi connectivity index (χ3v) is 3.87. The van der Waals surface area contributed by atoms with E-state index >= 15 is 0 Å². The number of aliphatic hydroxyl groups excluding tert-OH is 1. The van der Waals surface area contributed by atoms with Crippen molar-refractivity contribution in [2.75, 3.05) is 20.3 Å². The van der Waals surface area contributed by atoms with Crippen LogP contribution in [0.1, 0.15) is 23.5 Å². The Bertz CT molecular complexity index is 614. The van der Waals surface area contributed by atoms with E-state index in [9.17, 15) is 9.90 Å². The molecule has 2 aromatic carbocycles. The third-order valence-electron chi connectivity index (χ3n) is 3.87. The van der Waals surface area contributed by atoms with Crippen LogP contribution >= 0.6 is 0 Å². The van der Waals surface area contributed by atoms with E-state index in [4.69, 9.17) is 4.74 Å². The van der Waals surface area contributed by atoms with Crippen molar-refractivity contribution in [1.29, 1.82) is 0 Å². The highest BCUT2D eigenvalue weighted by molar-refractivity contribution is 5.73. The summed E-state index contributed by atoms with van der Waals surface area (Å²) in [7, 11) is 1.62. The van der Waals surface area contributed by atoms with E-state index < -0.39 is 0 Å². The van der Waals surface area contributed by atoms with Gasteiger partial charge in [0.25, 0.3) is 0 Å². The number of hydrogen-bond acceptors (Lipinski definition) is 3. The number of nitrogens with one attached hydrogen (secondary N) is 2. The van der Waals surface area contributed by atoms with Gasteiger partial charge in [0.1, 0.15) is 5.75 Å². The lowest BCUT2D eigenvalue weighted by molar-refractivity contribution is 0.237. The van der Waals surface area contributed by atoms with E-state index in [0.29, 0.717) is 19.5 Å². The highest BCUT2D eigenvalue weighted by Gasteiger charge is 2.12. The van der Waals surface area contributed by atoms with Crippen molar-refractivity contribution in [3.63, 3.8) is 0 Å². The van der Waals surface area contributed by atoms with Crippen molar-refractivity contribution >= 4 is 6.03 Å². The maximum Gasteiger partial charge on any atom is 0.315 e. The van der Waals surface area contributed by atoms with Gasteiger partial charge in [-0.25, -0.2) is 4.79 Å². The molecule has 0 aliphatic heterocycles. The van der Waals surface area contributed by atoms with E-state index in [1.165, 1.54) is 0 Å². The Balaban J connectivity index is 1.80. The number of carbonyl (C=O) groups excluding carboxylic acids is 1. The number of rotatable bonds is 8. The maximum absolute atomic E-state index is 12.0.